The predicted molar refractivity (Wildman–Crippen MR) is 85.7 cm³/mol. The molecule has 0 amide bonds. The van der Waals surface area contributed by atoms with E-state index in [1.807, 2.05) is 18.2 Å². The highest BCUT2D eigenvalue weighted by molar-refractivity contribution is 9.11. The van der Waals surface area contributed by atoms with E-state index in [2.05, 4.69) is 42.2 Å². The highest BCUT2D eigenvalue weighted by Gasteiger charge is 2.11. The summed E-state index contributed by atoms with van der Waals surface area (Å²) >= 11 is 6.88. The highest BCUT2D eigenvalue weighted by Crippen LogP contribution is 2.29. The number of benzene rings is 1. The number of aryl methyl sites for hydroxylation is 1. The van der Waals surface area contributed by atoms with Crippen LogP contribution in [0.3, 0.4) is 0 Å². The second kappa shape index (κ2) is 6.56. The number of aromatic hydroxyl groups is 1. The van der Waals surface area contributed by atoms with Gasteiger partial charge in [0.1, 0.15) is 5.75 Å². The van der Waals surface area contributed by atoms with Crippen molar-refractivity contribution in [2.45, 2.75) is 20.1 Å². The molecule has 1 aromatic heterocycles. The molecule has 106 valence electrons. The van der Waals surface area contributed by atoms with Crippen molar-refractivity contribution in [2.24, 2.45) is 0 Å². The molecule has 0 radical (unpaired) electrons. The SMILES string of the molecule is Cc1ncc(CO)c(CNc2cc(Br)ccc2Br)c1O. The number of aliphatic hydroxyl groups excluding tert-OH is 1. The summed E-state index contributed by atoms with van der Waals surface area (Å²) < 4.78 is 1.89. The van der Waals surface area contributed by atoms with Crippen LogP contribution in [0.15, 0.2) is 33.3 Å². The molecular formula is C14H14Br2N2O2. The van der Waals surface area contributed by atoms with E-state index >= 15 is 0 Å². The molecule has 0 atom stereocenters. The third-order valence-electron chi connectivity index (χ3n) is 2.98. The van der Waals surface area contributed by atoms with Crippen LogP contribution < -0.4 is 5.32 Å². The van der Waals surface area contributed by atoms with Gasteiger partial charge in [-0.25, -0.2) is 0 Å². The van der Waals surface area contributed by atoms with Crippen molar-refractivity contribution in [2.75, 3.05) is 5.32 Å². The van der Waals surface area contributed by atoms with Crippen molar-refractivity contribution in [3.8, 4) is 5.75 Å². The van der Waals surface area contributed by atoms with Crippen molar-refractivity contribution in [1.82, 2.24) is 4.98 Å². The lowest BCUT2D eigenvalue weighted by molar-refractivity contribution is 0.279. The van der Waals surface area contributed by atoms with Crippen LogP contribution in [0.1, 0.15) is 16.8 Å². The van der Waals surface area contributed by atoms with Gasteiger partial charge in [-0.2, -0.15) is 0 Å². The molecule has 2 aromatic rings. The average Bonchev–Trinajstić information content (AvgIpc) is 2.44. The summed E-state index contributed by atoms with van der Waals surface area (Å²) in [5.41, 5.74) is 2.73. The molecule has 1 heterocycles. The standard InChI is InChI=1S/C14H14Br2N2O2/c1-8-14(20)11(9(7-19)5-17-8)6-18-13-4-10(15)2-3-12(13)16/h2-5,18-20H,6-7H2,1H3. The third-order valence-corrected chi connectivity index (χ3v) is 4.17. The smallest absolute Gasteiger partial charge is 0.142 e. The van der Waals surface area contributed by atoms with Gasteiger partial charge in [0.2, 0.25) is 0 Å². The zero-order valence-electron chi connectivity index (χ0n) is 10.8. The predicted octanol–water partition coefficient (Wildman–Crippen LogP) is 3.73. The molecule has 6 heteroatoms. The fourth-order valence-electron chi connectivity index (χ4n) is 1.83. The summed E-state index contributed by atoms with van der Waals surface area (Å²) in [6.07, 6.45) is 1.59. The lowest BCUT2D eigenvalue weighted by Crippen LogP contribution is -2.06. The van der Waals surface area contributed by atoms with Crippen LogP contribution in [0.5, 0.6) is 5.75 Å². The topological polar surface area (TPSA) is 65.4 Å². The zero-order chi connectivity index (χ0) is 14.7. The van der Waals surface area contributed by atoms with Gasteiger partial charge in [0.05, 0.1) is 12.3 Å². The van der Waals surface area contributed by atoms with E-state index in [-0.39, 0.29) is 12.4 Å². The molecule has 2 rings (SSSR count). The largest absolute Gasteiger partial charge is 0.506 e. The Labute approximate surface area is 134 Å². The molecule has 3 N–H and O–H groups in total. The van der Waals surface area contributed by atoms with Crippen molar-refractivity contribution >= 4 is 37.5 Å². The number of nitrogens with zero attached hydrogens (tertiary/aromatic N) is 1. The first kappa shape index (κ1) is 15.3. The molecule has 0 aliphatic rings. The summed E-state index contributed by atoms with van der Waals surface area (Å²) in [4.78, 5) is 4.04. The fraction of sp³-hybridized carbons (Fsp3) is 0.214. The van der Waals surface area contributed by atoms with Crippen LogP contribution >= 0.6 is 31.9 Å². The van der Waals surface area contributed by atoms with E-state index < -0.39 is 0 Å². The minimum Gasteiger partial charge on any atom is -0.506 e. The van der Waals surface area contributed by atoms with Gasteiger partial charge in [0, 0.05) is 38.5 Å². The number of halogens is 2. The van der Waals surface area contributed by atoms with Gasteiger partial charge < -0.3 is 15.5 Å². The Hall–Kier alpha value is -1.11. The first-order chi connectivity index (χ1) is 9.52. The first-order valence-electron chi connectivity index (χ1n) is 5.99. The number of nitrogens with one attached hydrogen (secondary N) is 1. The molecule has 20 heavy (non-hydrogen) atoms. The second-order valence-corrected chi connectivity index (χ2v) is 6.10. The van der Waals surface area contributed by atoms with Crippen molar-refractivity contribution in [1.29, 1.82) is 0 Å². The minimum atomic E-state index is -0.155. The van der Waals surface area contributed by atoms with Crippen LogP contribution in [0.4, 0.5) is 5.69 Å². The van der Waals surface area contributed by atoms with Crippen LogP contribution in [0.2, 0.25) is 0 Å². The van der Waals surface area contributed by atoms with Crippen molar-refractivity contribution in [3.05, 3.63) is 50.2 Å². The first-order valence-corrected chi connectivity index (χ1v) is 7.57. The molecular weight excluding hydrogens is 388 g/mol. The lowest BCUT2D eigenvalue weighted by atomic mass is 10.1. The zero-order valence-corrected chi connectivity index (χ0v) is 14.0. The van der Waals surface area contributed by atoms with Crippen LogP contribution in [-0.2, 0) is 13.2 Å². The summed E-state index contributed by atoms with van der Waals surface area (Å²) in [7, 11) is 0. The Bertz CT molecular complexity index is 633. The number of rotatable bonds is 4. The van der Waals surface area contributed by atoms with Crippen molar-refractivity contribution < 1.29 is 10.2 Å². The van der Waals surface area contributed by atoms with E-state index in [0.29, 0.717) is 23.4 Å². The molecule has 0 fully saturated rings. The summed E-state index contributed by atoms with van der Waals surface area (Å²) in [5.74, 6) is 0.121. The molecule has 0 spiro atoms. The molecule has 0 bridgehead atoms. The van der Waals surface area contributed by atoms with Gasteiger partial charge in [-0.3, -0.25) is 4.98 Å². The maximum absolute atomic E-state index is 10.1. The molecule has 0 saturated heterocycles. The van der Waals surface area contributed by atoms with Gasteiger partial charge in [-0.1, -0.05) is 15.9 Å². The van der Waals surface area contributed by atoms with Gasteiger partial charge in [0.15, 0.2) is 0 Å². The normalized spacial score (nSPS) is 10.6. The maximum Gasteiger partial charge on any atom is 0.142 e. The summed E-state index contributed by atoms with van der Waals surface area (Å²) in [6.45, 7) is 1.98. The number of aliphatic hydroxyl groups is 1. The fourth-order valence-corrected chi connectivity index (χ4v) is 2.58. The van der Waals surface area contributed by atoms with Gasteiger partial charge in [0.25, 0.3) is 0 Å². The van der Waals surface area contributed by atoms with E-state index in [1.165, 1.54) is 0 Å². The Morgan fingerprint density at radius 2 is 2.05 bits per heavy atom. The van der Waals surface area contributed by atoms with E-state index in [1.54, 1.807) is 13.1 Å². The Kier molecular flexibility index (Phi) is 5.01. The van der Waals surface area contributed by atoms with E-state index in [4.69, 9.17) is 0 Å². The Balaban J connectivity index is 2.27. The van der Waals surface area contributed by atoms with Gasteiger partial charge >= 0.3 is 0 Å². The molecule has 0 unspecified atom stereocenters. The van der Waals surface area contributed by atoms with E-state index in [0.717, 1.165) is 14.6 Å². The number of hydrogen-bond donors (Lipinski definition) is 3. The molecule has 1 aromatic carbocycles. The van der Waals surface area contributed by atoms with Crippen LogP contribution in [0.25, 0.3) is 0 Å². The average molecular weight is 402 g/mol. The number of anilines is 1. The third kappa shape index (κ3) is 3.31. The quantitative estimate of drug-likeness (QED) is 0.730. The van der Waals surface area contributed by atoms with Crippen LogP contribution in [0, 0.1) is 6.92 Å². The molecule has 0 aliphatic heterocycles. The molecule has 0 aliphatic carbocycles. The highest BCUT2D eigenvalue weighted by atomic mass is 79.9. The molecule has 0 saturated carbocycles. The van der Waals surface area contributed by atoms with Gasteiger partial charge in [-0.05, 0) is 41.1 Å². The minimum absolute atomic E-state index is 0.121. The van der Waals surface area contributed by atoms with E-state index in [9.17, 15) is 10.2 Å². The number of aromatic nitrogens is 1. The number of hydrogen-bond acceptors (Lipinski definition) is 4. The Morgan fingerprint density at radius 3 is 2.75 bits per heavy atom. The monoisotopic (exact) mass is 400 g/mol. The van der Waals surface area contributed by atoms with Crippen molar-refractivity contribution in [3.63, 3.8) is 0 Å². The maximum atomic E-state index is 10.1. The van der Waals surface area contributed by atoms with Crippen LogP contribution in [-0.4, -0.2) is 15.2 Å². The molecule has 4 nitrogen and oxygen atoms in total. The second-order valence-electron chi connectivity index (χ2n) is 4.33. The summed E-state index contributed by atoms with van der Waals surface area (Å²) in [6, 6.07) is 5.80. The lowest BCUT2D eigenvalue weighted by Gasteiger charge is -2.14. The Morgan fingerprint density at radius 1 is 1.30 bits per heavy atom. The number of pyridine rings is 1. The summed E-state index contributed by atoms with van der Waals surface area (Å²) in [5, 5.41) is 22.6. The van der Waals surface area contributed by atoms with Gasteiger partial charge in [-0.15, -0.1) is 0 Å².